The van der Waals surface area contributed by atoms with Gasteiger partial charge in [-0.2, -0.15) is 0 Å². The third kappa shape index (κ3) is 2.77. The van der Waals surface area contributed by atoms with E-state index in [0.717, 1.165) is 16.2 Å². The monoisotopic (exact) mass is 329 g/mol. The molecule has 4 aromatic rings. The lowest BCUT2D eigenvalue weighted by molar-refractivity contribution is 1.33. The minimum Gasteiger partial charge on any atom is -0.321 e. The van der Waals surface area contributed by atoms with Crippen LogP contribution in [0.2, 0.25) is 0 Å². The van der Waals surface area contributed by atoms with Crippen LogP contribution in [-0.2, 0) is 0 Å². The predicted molar refractivity (Wildman–Crippen MR) is 103 cm³/mol. The highest BCUT2D eigenvalue weighted by molar-refractivity contribution is 7.79. The molecular formula is C21H16NOP. The first-order valence-electron chi connectivity index (χ1n) is 7.85. The standard InChI is InChI=1S/C21H16NOP/c23-21-19-14-8-7-9-16(19)15-20(22-21)24(17-10-3-1-4-11-17)18-12-5-2-6-13-18/h1-15H,(H,22,23). The molecule has 3 heteroatoms. The topological polar surface area (TPSA) is 32.9 Å². The molecule has 0 saturated carbocycles. The van der Waals surface area contributed by atoms with Gasteiger partial charge >= 0.3 is 0 Å². The molecule has 3 aromatic carbocycles. The fourth-order valence-electron chi connectivity index (χ4n) is 2.90. The molecule has 1 aromatic heterocycles. The molecule has 116 valence electrons. The zero-order valence-electron chi connectivity index (χ0n) is 13.0. The van der Waals surface area contributed by atoms with Crippen molar-refractivity contribution in [1.82, 2.24) is 4.98 Å². The highest BCUT2D eigenvalue weighted by Gasteiger charge is 2.17. The average Bonchev–Trinajstić information content (AvgIpc) is 2.64. The van der Waals surface area contributed by atoms with Crippen LogP contribution in [0.1, 0.15) is 0 Å². The molecule has 0 fully saturated rings. The summed E-state index contributed by atoms with van der Waals surface area (Å²) in [4.78, 5) is 15.6. The first-order valence-corrected chi connectivity index (χ1v) is 9.19. The first kappa shape index (κ1) is 14.9. The van der Waals surface area contributed by atoms with Crippen LogP contribution < -0.4 is 21.6 Å². The fourth-order valence-corrected chi connectivity index (χ4v) is 5.18. The SMILES string of the molecule is O=c1[nH]c(P(c2ccccc2)c2ccccc2)cc2ccccc12. The summed E-state index contributed by atoms with van der Waals surface area (Å²) in [7, 11) is -0.791. The molecule has 0 unspecified atom stereocenters. The van der Waals surface area contributed by atoms with Gasteiger partial charge in [0.2, 0.25) is 0 Å². The Balaban J connectivity index is 1.96. The predicted octanol–water partition coefficient (Wildman–Crippen LogP) is 3.29. The van der Waals surface area contributed by atoms with Crippen molar-refractivity contribution >= 4 is 34.7 Å². The maximum absolute atomic E-state index is 12.5. The van der Waals surface area contributed by atoms with Crippen molar-refractivity contribution in [3.63, 3.8) is 0 Å². The molecule has 0 saturated heterocycles. The Morgan fingerprint density at radius 3 is 1.83 bits per heavy atom. The lowest BCUT2D eigenvalue weighted by Crippen LogP contribution is -2.27. The van der Waals surface area contributed by atoms with E-state index in [-0.39, 0.29) is 5.56 Å². The zero-order chi connectivity index (χ0) is 16.4. The second-order valence-corrected chi connectivity index (χ2v) is 7.76. The summed E-state index contributed by atoms with van der Waals surface area (Å²) in [5, 5.41) is 4.17. The van der Waals surface area contributed by atoms with Gasteiger partial charge in [0, 0.05) is 13.3 Å². The van der Waals surface area contributed by atoms with Crippen LogP contribution in [0.4, 0.5) is 0 Å². The molecule has 2 nitrogen and oxygen atoms in total. The van der Waals surface area contributed by atoms with Crippen LogP contribution in [-0.4, -0.2) is 4.98 Å². The van der Waals surface area contributed by atoms with Crippen molar-refractivity contribution in [1.29, 1.82) is 0 Å². The highest BCUT2D eigenvalue weighted by atomic mass is 31.1. The molecule has 4 rings (SSSR count). The molecule has 0 radical (unpaired) electrons. The van der Waals surface area contributed by atoms with E-state index < -0.39 is 7.92 Å². The number of fused-ring (bicyclic) bond motifs is 1. The third-order valence-electron chi connectivity index (χ3n) is 4.01. The van der Waals surface area contributed by atoms with E-state index in [1.807, 2.05) is 60.7 Å². The van der Waals surface area contributed by atoms with Crippen molar-refractivity contribution in [3.05, 3.63) is 101 Å². The van der Waals surface area contributed by atoms with Crippen LogP contribution in [0.5, 0.6) is 0 Å². The Kier molecular flexibility index (Phi) is 3.98. The van der Waals surface area contributed by atoms with E-state index in [0.29, 0.717) is 0 Å². The molecule has 0 aliphatic heterocycles. The van der Waals surface area contributed by atoms with Crippen molar-refractivity contribution in [2.75, 3.05) is 0 Å². The maximum Gasteiger partial charge on any atom is 0.256 e. The van der Waals surface area contributed by atoms with E-state index in [1.165, 1.54) is 10.6 Å². The quantitative estimate of drug-likeness (QED) is 0.575. The van der Waals surface area contributed by atoms with Gasteiger partial charge in [-0.15, -0.1) is 0 Å². The van der Waals surface area contributed by atoms with Crippen molar-refractivity contribution in [3.8, 4) is 0 Å². The van der Waals surface area contributed by atoms with Crippen LogP contribution in [0, 0.1) is 0 Å². The van der Waals surface area contributed by atoms with Gasteiger partial charge < -0.3 is 4.98 Å². The lowest BCUT2D eigenvalue weighted by atomic mass is 10.2. The molecule has 0 atom stereocenters. The molecule has 24 heavy (non-hydrogen) atoms. The van der Waals surface area contributed by atoms with Crippen LogP contribution in [0.3, 0.4) is 0 Å². The number of pyridine rings is 1. The largest absolute Gasteiger partial charge is 0.321 e. The molecule has 1 N–H and O–H groups in total. The molecule has 0 amide bonds. The summed E-state index contributed by atoms with van der Waals surface area (Å²) in [6, 6.07) is 30.6. The number of hydrogen-bond donors (Lipinski definition) is 1. The number of aromatic nitrogens is 1. The van der Waals surface area contributed by atoms with Gasteiger partial charge in [0.05, 0.1) is 5.44 Å². The van der Waals surface area contributed by atoms with E-state index in [2.05, 4.69) is 35.3 Å². The number of rotatable bonds is 3. The van der Waals surface area contributed by atoms with E-state index in [9.17, 15) is 4.79 Å². The Hall–Kier alpha value is -2.70. The second kappa shape index (κ2) is 6.43. The first-order chi connectivity index (χ1) is 11.8. The summed E-state index contributed by atoms with van der Waals surface area (Å²) in [5.74, 6) is 0. The Morgan fingerprint density at radius 2 is 1.21 bits per heavy atom. The van der Waals surface area contributed by atoms with Gasteiger partial charge in [0.1, 0.15) is 0 Å². The minimum atomic E-state index is -0.791. The smallest absolute Gasteiger partial charge is 0.256 e. The fraction of sp³-hybridized carbons (Fsp3) is 0. The van der Waals surface area contributed by atoms with Gasteiger partial charge in [0.25, 0.3) is 5.56 Å². The molecule has 0 bridgehead atoms. The number of nitrogens with one attached hydrogen (secondary N) is 1. The van der Waals surface area contributed by atoms with E-state index in [4.69, 9.17) is 0 Å². The van der Waals surface area contributed by atoms with E-state index >= 15 is 0 Å². The molecule has 0 spiro atoms. The minimum absolute atomic E-state index is 0.0255. The van der Waals surface area contributed by atoms with E-state index in [1.54, 1.807) is 0 Å². The number of benzene rings is 3. The highest BCUT2D eigenvalue weighted by Crippen LogP contribution is 2.31. The van der Waals surface area contributed by atoms with Crippen molar-refractivity contribution < 1.29 is 0 Å². The molecular weight excluding hydrogens is 313 g/mol. The Bertz CT molecular complexity index is 986. The van der Waals surface area contributed by atoms with Gasteiger partial charge in [-0.3, -0.25) is 4.79 Å². The summed E-state index contributed by atoms with van der Waals surface area (Å²) in [6.45, 7) is 0. The normalized spacial score (nSPS) is 11.0. The number of H-pyrrole nitrogens is 1. The Morgan fingerprint density at radius 1 is 0.667 bits per heavy atom. The van der Waals surface area contributed by atoms with Gasteiger partial charge in [-0.25, -0.2) is 0 Å². The number of aromatic amines is 1. The van der Waals surface area contributed by atoms with Crippen molar-refractivity contribution in [2.24, 2.45) is 0 Å². The zero-order valence-corrected chi connectivity index (χ0v) is 13.9. The van der Waals surface area contributed by atoms with Crippen LogP contribution in [0.25, 0.3) is 10.8 Å². The summed E-state index contributed by atoms with van der Waals surface area (Å²) >= 11 is 0. The van der Waals surface area contributed by atoms with Gasteiger partial charge in [-0.1, -0.05) is 78.9 Å². The molecule has 1 heterocycles. The van der Waals surface area contributed by atoms with Crippen LogP contribution in [0.15, 0.2) is 95.8 Å². The molecule has 0 aliphatic rings. The summed E-state index contributed by atoms with van der Waals surface area (Å²) < 4.78 is 0. The third-order valence-corrected chi connectivity index (χ3v) is 6.36. The van der Waals surface area contributed by atoms with Crippen molar-refractivity contribution in [2.45, 2.75) is 0 Å². The summed E-state index contributed by atoms with van der Waals surface area (Å²) in [6.07, 6.45) is 0. The summed E-state index contributed by atoms with van der Waals surface area (Å²) in [5.41, 5.74) is 0.952. The van der Waals surface area contributed by atoms with Crippen LogP contribution >= 0.6 is 7.92 Å². The van der Waals surface area contributed by atoms with Gasteiger partial charge in [-0.05, 0) is 28.1 Å². The second-order valence-electron chi connectivity index (χ2n) is 5.58. The Labute approximate surface area is 141 Å². The average molecular weight is 329 g/mol. The maximum atomic E-state index is 12.5. The number of hydrogen-bond acceptors (Lipinski definition) is 1. The van der Waals surface area contributed by atoms with Gasteiger partial charge in [0.15, 0.2) is 0 Å². The lowest BCUT2D eigenvalue weighted by Gasteiger charge is -2.19. The molecule has 0 aliphatic carbocycles.